The van der Waals surface area contributed by atoms with Gasteiger partial charge in [-0.1, -0.05) is 12.1 Å². The highest BCUT2D eigenvalue weighted by molar-refractivity contribution is 5.87. The minimum atomic E-state index is -1.18. The smallest absolute Gasteiger partial charge is 0.330 e. The van der Waals surface area contributed by atoms with Crippen molar-refractivity contribution in [2.24, 2.45) is 5.92 Å². The predicted octanol–water partition coefficient (Wildman–Crippen LogP) is 1.80. The number of hydrogen-bond donors (Lipinski definition) is 2. The summed E-state index contributed by atoms with van der Waals surface area (Å²) in [5, 5.41) is 11.8. The maximum Gasteiger partial charge on any atom is 0.330 e. The van der Waals surface area contributed by atoms with E-state index in [0.29, 0.717) is 24.2 Å². The SMILES string of the molecule is CCOC1CC1C(=O)NC(C(=O)O)c1ccc(F)c(C)c1. The van der Waals surface area contributed by atoms with Gasteiger partial charge in [-0.2, -0.15) is 0 Å². The Hall–Kier alpha value is -1.95. The Labute approximate surface area is 122 Å². The molecule has 1 saturated carbocycles. The summed E-state index contributed by atoms with van der Waals surface area (Å²) in [6.45, 7) is 3.91. The first kappa shape index (κ1) is 15.4. The van der Waals surface area contributed by atoms with Crippen molar-refractivity contribution >= 4 is 11.9 Å². The summed E-state index contributed by atoms with van der Waals surface area (Å²) in [7, 11) is 0. The molecule has 0 heterocycles. The Morgan fingerprint density at radius 2 is 2.24 bits per heavy atom. The van der Waals surface area contributed by atoms with Crippen LogP contribution in [0, 0.1) is 18.7 Å². The molecule has 2 N–H and O–H groups in total. The number of halogens is 1. The quantitative estimate of drug-likeness (QED) is 0.839. The van der Waals surface area contributed by atoms with E-state index in [0.717, 1.165) is 0 Å². The minimum Gasteiger partial charge on any atom is -0.479 e. The fourth-order valence-corrected chi connectivity index (χ4v) is 2.23. The zero-order chi connectivity index (χ0) is 15.6. The molecule has 0 radical (unpaired) electrons. The van der Waals surface area contributed by atoms with Gasteiger partial charge >= 0.3 is 5.97 Å². The van der Waals surface area contributed by atoms with E-state index in [2.05, 4.69) is 5.32 Å². The number of benzene rings is 1. The van der Waals surface area contributed by atoms with Crippen LogP contribution >= 0.6 is 0 Å². The molecule has 0 saturated heterocycles. The third-order valence-corrected chi connectivity index (χ3v) is 3.50. The molecule has 3 atom stereocenters. The second kappa shape index (κ2) is 6.22. The van der Waals surface area contributed by atoms with E-state index in [4.69, 9.17) is 4.74 Å². The van der Waals surface area contributed by atoms with Gasteiger partial charge in [-0.25, -0.2) is 9.18 Å². The molecule has 0 aliphatic heterocycles. The number of carboxylic acid groups (broad SMARTS) is 1. The van der Waals surface area contributed by atoms with Crippen LogP contribution in [0.2, 0.25) is 0 Å². The number of aliphatic carboxylic acids is 1. The van der Waals surface area contributed by atoms with E-state index in [1.54, 1.807) is 6.92 Å². The first-order chi connectivity index (χ1) is 9.93. The summed E-state index contributed by atoms with van der Waals surface area (Å²) in [6.07, 6.45) is 0.480. The van der Waals surface area contributed by atoms with Gasteiger partial charge in [0.2, 0.25) is 5.91 Å². The molecular weight excluding hydrogens is 277 g/mol. The van der Waals surface area contributed by atoms with E-state index >= 15 is 0 Å². The summed E-state index contributed by atoms with van der Waals surface area (Å²) in [5.74, 6) is -2.23. The summed E-state index contributed by atoms with van der Waals surface area (Å²) < 4.78 is 18.6. The monoisotopic (exact) mass is 295 g/mol. The summed E-state index contributed by atoms with van der Waals surface area (Å²) >= 11 is 0. The number of carbonyl (C=O) groups excluding carboxylic acids is 1. The number of nitrogens with one attached hydrogen (secondary N) is 1. The van der Waals surface area contributed by atoms with Gasteiger partial charge in [0.05, 0.1) is 12.0 Å². The highest BCUT2D eigenvalue weighted by Gasteiger charge is 2.45. The number of carbonyl (C=O) groups is 2. The fourth-order valence-electron chi connectivity index (χ4n) is 2.23. The topological polar surface area (TPSA) is 75.6 Å². The van der Waals surface area contributed by atoms with E-state index < -0.39 is 17.8 Å². The van der Waals surface area contributed by atoms with Crippen molar-refractivity contribution in [2.75, 3.05) is 6.61 Å². The highest BCUT2D eigenvalue weighted by Crippen LogP contribution is 2.34. The third-order valence-electron chi connectivity index (χ3n) is 3.50. The Balaban J connectivity index is 2.08. The standard InChI is InChI=1S/C15H18FNO4/c1-3-21-12-7-10(12)14(18)17-13(15(19)20)9-4-5-11(16)8(2)6-9/h4-6,10,12-13H,3,7H2,1-2H3,(H,17,18)(H,19,20). The predicted molar refractivity (Wildman–Crippen MR) is 73.2 cm³/mol. The van der Waals surface area contributed by atoms with Crippen LogP contribution in [-0.2, 0) is 14.3 Å². The largest absolute Gasteiger partial charge is 0.479 e. The lowest BCUT2D eigenvalue weighted by atomic mass is 10.0. The number of rotatable bonds is 6. The molecule has 1 aliphatic carbocycles. The minimum absolute atomic E-state index is 0.126. The van der Waals surface area contributed by atoms with Crippen LogP contribution < -0.4 is 5.32 Å². The molecule has 1 fully saturated rings. The molecule has 1 aromatic rings. The normalized spacial score (nSPS) is 21.7. The Bertz CT molecular complexity index is 561. The zero-order valence-electron chi connectivity index (χ0n) is 11.9. The van der Waals surface area contributed by atoms with Crippen molar-refractivity contribution in [3.05, 3.63) is 35.1 Å². The number of hydrogen-bond acceptors (Lipinski definition) is 3. The maximum absolute atomic E-state index is 13.2. The molecule has 3 unspecified atom stereocenters. The van der Waals surface area contributed by atoms with Crippen LogP contribution in [0.25, 0.3) is 0 Å². The zero-order valence-corrected chi connectivity index (χ0v) is 11.9. The lowest BCUT2D eigenvalue weighted by Crippen LogP contribution is -2.35. The van der Waals surface area contributed by atoms with Gasteiger partial charge in [-0.15, -0.1) is 0 Å². The van der Waals surface area contributed by atoms with E-state index in [9.17, 15) is 19.1 Å². The number of aryl methyl sites for hydroxylation is 1. The second-order valence-corrected chi connectivity index (χ2v) is 5.12. The van der Waals surface area contributed by atoms with Crippen molar-refractivity contribution in [2.45, 2.75) is 32.4 Å². The van der Waals surface area contributed by atoms with Crippen LogP contribution in [0.1, 0.15) is 30.5 Å². The summed E-state index contributed by atoms with van der Waals surface area (Å²) in [6, 6.07) is 2.82. The Kier molecular flexibility index (Phi) is 4.57. The van der Waals surface area contributed by atoms with Gasteiger partial charge in [-0.05, 0) is 37.5 Å². The van der Waals surface area contributed by atoms with E-state index in [-0.39, 0.29) is 17.9 Å². The van der Waals surface area contributed by atoms with Crippen molar-refractivity contribution in [3.63, 3.8) is 0 Å². The second-order valence-electron chi connectivity index (χ2n) is 5.12. The molecule has 1 aromatic carbocycles. The molecule has 0 bridgehead atoms. The molecule has 2 rings (SSSR count). The Morgan fingerprint density at radius 3 is 2.81 bits per heavy atom. The molecule has 0 aromatic heterocycles. The Morgan fingerprint density at radius 1 is 1.52 bits per heavy atom. The maximum atomic E-state index is 13.2. The van der Waals surface area contributed by atoms with Crippen LogP contribution in [0.15, 0.2) is 18.2 Å². The van der Waals surface area contributed by atoms with Gasteiger partial charge in [0.1, 0.15) is 5.82 Å². The van der Waals surface area contributed by atoms with Crippen LogP contribution in [0.3, 0.4) is 0 Å². The lowest BCUT2D eigenvalue weighted by Gasteiger charge is -2.15. The van der Waals surface area contributed by atoms with Gasteiger partial charge in [0.25, 0.3) is 0 Å². The number of amides is 1. The molecule has 6 heteroatoms. The fraction of sp³-hybridized carbons (Fsp3) is 0.467. The molecular formula is C15H18FNO4. The molecule has 1 amide bonds. The third kappa shape index (κ3) is 3.58. The van der Waals surface area contributed by atoms with Crippen molar-refractivity contribution in [1.29, 1.82) is 0 Å². The van der Waals surface area contributed by atoms with Gasteiger partial charge in [-0.3, -0.25) is 4.79 Å². The molecule has 21 heavy (non-hydrogen) atoms. The molecule has 114 valence electrons. The van der Waals surface area contributed by atoms with E-state index in [1.807, 2.05) is 6.92 Å². The summed E-state index contributed by atoms with van der Waals surface area (Å²) in [5.41, 5.74) is 0.690. The van der Waals surface area contributed by atoms with Gasteiger partial charge in [0, 0.05) is 6.61 Å². The summed E-state index contributed by atoms with van der Waals surface area (Å²) in [4.78, 5) is 23.3. The van der Waals surface area contributed by atoms with Crippen molar-refractivity contribution in [1.82, 2.24) is 5.32 Å². The molecule has 5 nitrogen and oxygen atoms in total. The average Bonchev–Trinajstić information content (AvgIpc) is 3.18. The highest BCUT2D eigenvalue weighted by atomic mass is 19.1. The van der Waals surface area contributed by atoms with Crippen LogP contribution in [0.5, 0.6) is 0 Å². The first-order valence-electron chi connectivity index (χ1n) is 6.84. The van der Waals surface area contributed by atoms with Crippen LogP contribution in [0.4, 0.5) is 4.39 Å². The van der Waals surface area contributed by atoms with Crippen LogP contribution in [-0.4, -0.2) is 29.7 Å². The average molecular weight is 295 g/mol. The number of ether oxygens (including phenoxy) is 1. The lowest BCUT2D eigenvalue weighted by molar-refractivity contribution is -0.142. The van der Waals surface area contributed by atoms with Gasteiger partial charge < -0.3 is 15.2 Å². The number of carboxylic acids is 1. The first-order valence-corrected chi connectivity index (χ1v) is 6.84. The van der Waals surface area contributed by atoms with Crippen molar-refractivity contribution < 1.29 is 23.8 Å². The van der Waals surface area contributed by atoms with Gasteiger partial charge in [0.15, 0.2) is 6.04 Å². The molecule has 1 aliphatic rings. The van der Waals surface area contributed by atoms with E-state index in [1.165, 1.54) is 18.2 Å². The molecule has 0 spiro atoms. The van der Waals surface area contributed by atoms with Crippen molar-refractivity contribution in [3.8, 4) is 0 Å².